The van der Waals surface area contributed by atoms with Gasteiger partial charge in [0.2, 0.25) is 0 Å². The van der Waals surface area contributed by atoms with E-state index in [1.165, 1.54) is 18.4 Å². The van der Waals surface area contributed by atoms with E-state index >= 15 is 0 Å². The molecule has 1 aromatic rings. The van der Waals surface area contributed by atoms with Crippen LogP contribution in [0.3, 0.4) is 0 Å². The first kappa shape index (κ1) is 14.9. The van der Waals surface area contributed by atoms with Crippen LogP contribution in [0.15, 0.2) is 24.3 Å². The molecule has 3 unspecified atom stereocenters. The molecule has 1 aliphatic carbocycles. The van der Waals surface area contributed by atoms with Crippen molar-refractivity contribution >= 4 is 0 Å². The number of hydrogen-bond acceptors (Lipinski definition) is 3. The first-order valence-corrected chi connectivity index (χ1v) is 8.08. The third-order valence-electron chi connectivity index (χ3n) is 5.99. The third kappa shape index (κ3) is 2.36. The summed E-state index contributed by atoms with van der Waals surface area (Å²) in [6, 6.07) is 9.01. The van der Waals surface area contributed by atoms with Crippen molar-refractivity contribution in [1.29, 1.82) is 0 Å². The van der Waals surface area contributed by atoms with Gasteiger partial charge in [0.25, 0.3) is 0 Å². The van der Waals surface area contributed by atoms with Gasteiger partial charge in [-0.25, -0.2) is 0 Å². The monoisotopic (exact) mass is 288 g/mol. The van der Waals surface area contributed by atoms with Gasteiger partial charge in [-0.3, -0.25) is 0 Å². The van der Waals surface area contributed by atoms with E-state index < -0.39 is 0 Å². The molecule has 2 N–H and O–H groups in total. The van der Waals surface area contributed by atoms with Crippen molar-refractivity contribution < 1.29 is 4.74 Å². The zero-order chi connectivity index (χ0) is 15.1. The van der Waals surface area contributed by atoms with E-state index in [-0.39, 0.29) is 5.41 Å². The number of nitrogens with two attached hydrogens (primary N) is 1. The number of benzene rings is 1. The summed E-state index contributed by atoms with van der Waals surface area (Å²) < 4.78 is 5.46. The Morgan fingerprint density at radius 2 is 2.14 bits per heavy atom. The van der Waals surface area contributed by atoms with Gasteiger partial charge in [0.05, 0.1) is 7.11 Å². The molecule has 1 saturated carbocycles. The van der Waals surface area contributed by atoms with Crippen LogP contribution in [0, 0.1) is 5.41 Å². The molecule has 0 bridgehead atoms. The second-order valence-electron chi connectivity index (χ2n) is 7.37. The fraction of sp³-hybridized carbons (Fsp3) is 0.667. The molecule has 0 spiro atoms. The minimum atomic E-state index is 0.200. The summed E-state index contributed by atoms with van der Waals surface area (Å²) in [6.07, 6.45) is 4.66. The highest BCUT2D eigenvalue weighted by atomic mass is 16.5. The average Bonchev–Trinajstić information content (AvgIpc) is 2.48. The van der Waals surface area contributed by atoms with Gasteiger partial charge >= 0.3 is 0 Å². The molecule has 0 aromatic heterocycles. The molecule has 3 nitrogen and oxygen atoms in total. The summed E-state index contributed by atoms with van der Waals surface area (Å²) in [5, 5.41) is 0. The lowest BCUT2D eigenvalue weighted by Crippen LogP contribution is -2.60. The molecule has 1 aromatic carbocycles. The number of ether oxygens (including phenoxy) is 1. The summed E-state index contributed by atoms with van der Waals surface area (Å²) in [7, 11) is 3.99. The zero-order valence-corrected chi connectivity index (χ0v) is 13.6. The standard InChI is InChI=1S/C18H28N2O/c1-17-8-7-15(19)12-18(17,9-10-20(2)13-17)14-5-4-6-16(11-14)21-3/h4-6,11,15H,7-10,12-13,19H2,1-3H3. The molecule has 0 radical (unpaired) electrons. The second-order valence-corrected chi connectivity index (χ2v) is 7.37. The maximum absolute atomic E-state index is 6.38. The zero-order valence-electron chi connectivity index (χ0n) is 13.6. The first-order chi connectivity index (χ1) is 9.99. The Labute approximate surface area is 128 Å². The molecule has 3 atom stereocenters. The lowest BCUT2D eigenvalue weighted by Gasteiger charge is -2.59. The molecule has 2 aliphatic rings. The van der Waals surface area contributed by atoms with Gasteiger partial charge in [0.1, 0.15) is 5.75 Å². The van der Waals surface area contributed by atoms with E-state index in [0.29, 0.717) is 11.5 Å². The SMILES string of the molecule is COc1cccc(C23CCN(C)CC2(C)CCC(N)C3)c1. The number of piperidine rings is 1. The molecule has 1 aliphatic heterocycles. The Balaban J connectivity index is 2.07. The van der Waals surface area contributed by atoms with Gasteiger partial charge in [-0.15, -0.1) is 0 Å². The Morgan fingerprint density at radius 1 is 1.33 bits per heavy atom. The number of likely N-dealkylation sites (tertiary alicyclic amines) is 1. The van der Waals surface area contributed by atoms with Crippen molar-refractivity contribution in [1.82, 2.24) is 4.90 Å². The number of hydrogen-bond donors (Lipinski definition) is 1. The van der Waals surface area contributed by atoms with Crippen molar-refractivity contribution in [2.75, 3.05) is 27.2 Å². The van der Waals surface area contributed by atoms with Crippen molar-refractivity contribution in [3.8, 4) is 5.75 Å². The maximum atomic E-state index is 6.38. The first-order valence-electron chi connectivity index (χ1n) is 8.08. The highest BCUT2D eigenvalue weighted by Crippen LogP contribution is 2.56. The molecule has 3 rings (SSSR count). The van der Waals surface area contributed by atoms with Crippen molar-refractivity contribution in [3.05, 3.63) is 29.8 Å². The van der Waals surface area contributed by atoms with Crippen LogP contribution in [0.5, 0.6) is 5.75 Å². The minimum Gasteiger partial charge on any atom is -0.497 e. The Hall–Kier alpha value is -1.06. The van der Waals surface area contributed by atoms with Crippen LogP contribution >= 0.6 is 0 Å². The Morgan fingerprint density at radius 3 is 2.90 bits per heavy atom. The molecular formula is C18H28N2O. The quantitative estimate of drug-likeness (QED) is 0.909. The average molecular weight is 288 g/mol. The summed E-state index contributed by atoms with van der Waals surface area (Å²) in [6.45, 7) is 4.78. The van der Waals surface area contributed by atoms with Crippen LogP contribution in [-0.2, 0) is 5.41 Å². The fourth-order valence-electron chi connectivity index (χ4n) is 4.76. The number of methoxy groups -OCH3 is 1. The van der Waals surface area contributed by atoms with E-state index in [0.717, 1.165) is 31.7 Å². The van der Waals surface area contributed by atoms with Crippen LogP contribution in [0.1, 0.15) is 38.2 Å². The van der Waals surface area contributed by atoms with Crippen LogP contribution in [0.4, 0.5) is 0 Å². The van der Waals surface area contributed by atoms with Crippen LogP contribution < -0.4 is 10.5 Å². The number of fused-ring (bicyclic) bond motifs is 1. The van der Waals surface area contributed by atoms with Gasteiger partial charge in [-0.1, -0.05) is 19.1 Å². The van der Waals surface area contributed by atoms with E-state index in [2.05, 4.69) is 37.1 Å². The number of rotatable bonds is 2. The van der Waals surface area contributed by atoms with E-state index in [1.54, 1.807) is 7.11 Å². The second kappa shape index (κ2) is 5.29. The summed E-state index contributed by atoms with van der Waals surface area (Å²) in [5.41, 5.74) is 8.32. The number of nitrogens with zero attached hydrogens (tertiary/aromatic N) is 1. The van der Waals surface area contributed by atoms with E-state index in [1.807, 2.05) is 6.07 Å². The lowest BCUT2D eigenvalue weighted by molar-refractivity contribution is -0.0176. The molecule has 3 heteroatoms. The van der Waals surface area contributed by atoms with E-state index in [4.69, 9.17) is 10.5 Å². The molecule has 116 valence electrons. The molecule has 0 amide bonds. The predicted octanol–water partition coefficient (Wildman–Crippen LogP) is 2.79. The van der Waals surface area contributed by atoms with Gasteiger partial charge in [0, 0.05) is 18.0 Å². The van der Waals surface area contributed by atoms with Crippen LogP contribution in [-0.4, -0.2) is 38.2 Å². The topological polar surface area (TPSA) is 38.5 Å². The Bertz CT molecular complexity index is 518. The van der Waals surface area contributed by atoms with E-state index in [9.17, 15) is 0 Å². The van der Waals surface area contributed by atoms with Crippen LogP contribution in [0.25, 0.3) is 0 Å². The lowest BCUT2D eigenvalue weighted by atomic mass is 9.50. The van der Waals surface area contributed by atoms with Crippen molar-refractivity contribution in [2.24, 2.45) is 11.1 Å². The predicted molar refractivity (Wildman–Crippen MR) is 86.7 cm³/mol. The molecule has 2 fully saturated rings. The highest BCUT2D eigenvalue weighted by molar-refractivity contribution is 5.37. The van der Waals surface area contributed by atoms with Gasteiger partial charge in [0.15, 0.2) is 0 Å². The highest BCUT2D eigenvalue weighted by Gasteiger charge is 2.54. The van der Waals surface area contributed by atoms with Crippen molar-refractivity contribution in [2.45, 2.75) is 44.1 Å². The summed E-state index contributed by atoms with van der Waals surface area (Å²) in [5.74, 6) is 0.960. The maximum Gasteiger partial charge on any atom is 0.119 e. The normalized spacial score (nSPS) is 37.0. The van der Waals surface area contributed by atoms with Gasteiger partial charge in [-0.05, 0) is 62.4 Å². The van der Waals surface area contributed by atoms with Crippen LogP contribution in [0.2, 0.25) is 0 Å². The molecule has 21 heavy (non-hydrogen) atoms. The fourth-order valence-corrected chi connectivity index (χ4v) is 4.76. The largest absolute Gasteiger partial charge is 0.497 e. The summed E-state index contributed by atoms with van der Waals surface area (Å²) in [4.78, 5) is 2.48. The van der Waals surface area contributed by atoms with Gasteiger partial charge < -0.3 is 15.4 Å². The minimum absolute atomic E-state index is 0.200. The third-order valence-corrected chi connectivity index (χ3v) is 5.99. The molecule has 1 saturated heterocycles. The summed E-state index contributed by atoms with van der Waals surface area (Å²) >= 11 is 0. The van der Waals surface area contributed by atoms with Gasteiger partial charge in [-0.2, -0.15) is 0 Å². The Kier molecular flexibility index (Phi) is 3.74. The smallest absolute Gasteiger partial charge is 0.119 e. The molecular weight excluding hydrogens is 260 g/mol. The van der Waals surface area contributed by atoms with Crippen molar-refractivity contribution in [3.63, 3.8) is 0 Å². The molecule has 1 heterocycles.